The fraction of sp³-hybridized carbons (Fsp3) is 0.105. The highest BCUT2D eigenvalue weighted by Gasteiger charge is 2.30. The maximum absolute atomic E-state index is 12.7. The number of hydrogen-bond acceptors (Lipinski definition) is 3. The monoisotopic (exact) mass is 388 g/mol. The first-order valence-electron chi connectivity index (χ1n) is 8.13. The third-order valence-electron chi connectivity index (χ3n) is 3.97. The molecule has 3 N–H and O–H groups in total. The molecule has 3 aromatic rings. The number of primary amides is 1. The quantitative estimate of drug-likeness (QED) is 0.703. The zero-order valence-corrected chi connectivity index (χ0v) is 14.4. The molecule has 0 saturated heterocycles. The maximum Gasteiger partial charge on any atom is 0.416 e. The minimum Gasteiger partial charge on any atom is -0.364 e. The molecular formula is C19H15F3N4O2. The summed E-state index contributed by atoms with van der Waals surface area (Å²) in [6.07, 6.45) is -3.14. The van der Waals surface area contributed by atoms with Crippen molar-refractivity contribution in [2.75, 3.05) is 5.32 Å². The van der Waals surface area contributed by atoms with Gasteiger partial charge >= 0.3 is 6.18 Å². The van der Waals surface area contributed by atoms with Gasteiger partial charge in [-0.25, -0.2) is 4.98 Å². The molecule has 0 saturated carbocycles. The number of aromatic nitrogens is 2. The van der Waals surface area contributed by atoms with Crippen molar-refractivity contribution in [2.24, 2.45) is 5.73 Å². The van der Waals surface area contributed by atoms with Crippen LogP contribution in [0.4, 0.5) is 19.0 Å². The van der Waals surface area contributed by atoms with Crippen LogP contribution in [-0.4, -0.2) is 21.4 Å². The van der Waals surface area contributed by atoms with Crippen LogP contribution in [0.5, 0.6) is 0 Å². The van der Waals surface area contributed by atoms with Gasteiger partial charge in [-0.15, -0.1) is 0 Å². The Morgan fingerprint density at radius 3 is 2.25 bits per heavy atom. The Hall–Kier alpha value is -3.62. The van der Waals surface area contributed by atoms with Crippen molar-refractivity contribution in [3.63, 3.8) is 0 Å². The molecule has 144 valence electrons. The first-order chi connectivity index (χ1) is 13.3. The van der Waals surface area contributed by atoms with Crippen molar-refractivity contribution in [1.29, 1.82) is 0 Å². The molecule has 0 bridgehead atoms. The highest BCUT2D eigenvalue weighted by molar-refractivity contribution is 6.07. The van der Waals surface area contributed by atoms with Crippen LogP contribution in [-0.2, 0) is 12.7 Å². The number of rotatable bonds is 5. The predicted octanol–water partition coefficient (Wildman–Crippen LogP) is 3.30. The summed E-state index contributed by atoms with van der Waals surface area (Å²) >= 11 is 0. The van der Waals surface area contributed by atoms with E-state index in [-0.39, 0.29) is 18.1 Å². The van der Waals surface area contributed by atoms with E-state index in [9.17, 15) is 22.8 Å². The second kappa shape index (κ2) is 7.55. The summed E-state index contributed by atoms with van der Waals surface area (Å²) in [4.78, 5) is 28.1. The lowest BCUT2D eigenvalue weighted by Gasteiger charge is -2.10. The first-order valence-corrected chi connectivity index (χ1v) is 8.13. The number of amides is 2. The van der Waals surface area contributed by atoms with E-state index < -0.39 is 23.6 Å². The SMILES string of the molecule is NC(=O)c1c(NC(=O)c2ccccc2)ncn1Cc1ccc(C(F)(F)F)cc1. The number of carbonyl (C=O) groups is 2. The van der Waals surface area contributed by atoms with E-state index in [1.165, 1.54) is 23.0 Å². The van der Waals surface area contributed by atoms with Gasteiger partial charge in [0.1, 0.15) is 0 Å². The molecule has 1 aromatic heterocycles. The van der Waals surface area contributed by atoms with Gasteiger partial charge in [-0.1, -0.05) is 30.3 Å². The molecule has 0 radical (unpaired) electrons. The van der Waals surface area contributed by atoms with Crippen LogP contribution in [0.1, 0.15) is 32.0 Å². The molecular weight excluding hydrogens is 373 g/mol. The Bertz CT molecular complexity index is 996. The average molecular weight is 388 g/mol. The lowest BCUT2D eigenvalue weighted by molar-refractivity contribution is -0.137. The van der Waals surface area contributed by atoms with Crippen LogP contribution >= 0.6 is 0 Å². The molecule has 0 aliphatic carbocycles. The number of hydrogen-bond donors (Lipinski definition) is 2. The van der Waals surface area contributed by atoms with Gasteiger partial charge in [0.15, 0.2) is 11.5 Å². The topological polar surface area (TPSA) is 90.0 Å². The van der Waals surface area contributed by atoms with Crippen LogP contribution in [0, 0.1) is 0 Å². The van der Waals surface area contributed by atoms with Gasteiger partial charge in [0.05, 0.1) is 11.9 Å². The number of imidazole rings is 1. The zero-order valence-electron chi connectivity index (χ0n) is 14.4. The molecule has 0 unspecified atom stereocenters. The van der Waals surface area contributed by atoms with E-state index in [0.717, 1.165) is 12.1 Å². The third kappa shape index (κ3) is 4.20. The Kier molecular flexibility index (Phi) is 5.16. The maximum atomic E-state index is 12.7. The van der Waals surface area contributed by atoms with E-state index in [0.29, 0.717) is 11.1 Å². The van der Waals surface area contributed by atoms with Crippen molar-refractivity contribution < 1.29 is 22.8 Å². The molecule has 1 heterocycles. The largest absolute Gasteiger partial charge is 0.416 e. The van der Waals surface area contributed by atoms with E-state index in [4.69, 9.17) is 5.73 Å². The van der Waals surface area contributed by atoms with Gasteiger partial charge in [0.2, 0.25) is 0 Å². The fourth-order valence-electron chi connectivity index (χ4n) is 2.62. The minimum absolute atomic E-state index is 0.0201. The Morgan fingerprint density at radius 1 is 1.04 bits per heavy atom. The number of nitrogens with zero attached hydrogens (tertiary/aromatic N) is 2. The Balaban J connectivity index is 1.83. The third-order valence-corrected chi connectivity index (χ3v) is 3.97. The fourth-order valence-corrected chi connectivity index (χ4v) is 2.62. The number of carbonyl (C=O) groups excluding carboxylic acids is 2. The zero-order chi connectivity index (χ0) is 20.3. The number of anilines is 1. The lowest BCUT2D eigenvalue weighted by Crippen LogP contribution is -2.21. The van der Waals surface area contributed by atoms with Crippen LogP contribution in [0.15, 0.2) is 60.9 Å². The van der Waals surface area contributed by atoms with Crippen molar-refractivity contribution in [1.82, 2.24) is 9.55 Å². The highest BCUT2D eigenvalue weighted by Crippen LogP contribution is 2.29. The molecule has 9 heteroatoms. The summed E-state index contributed by atoms with van der Waals surface area (Å²) in [5, 5.41) is 2.52. The number of nitrogens with one attached hydrogen (secondary N) is 1. The first kappa shape index (κ1) is 19.2. The molecule has 0 fully saturated rings. The molecule has 2 amide bonds. The van der Waals surface area contributed by atoms with Crippen molar-refractivity contribution in [2.45, 2.75) is 12.7 Å². The molecule has 0 spiro atoms. The van der Waals surface area contributed by atoms with Crippen molar-refractivity contribution >= 4 is 17.6 Å². The van der Waals surface area contributed by atoms with Gasteiger partial charge < -0.3 is 15.6 Å². The van der Waals surface area contributed by atoms with Crippen LogP contribution < -0.4 is 11.1 Å². The summed E-state index contributed by atoms with van der Waals surface area (Å²) in [5.41, 5.74) is 5.47. The van der Waals surface area contributed by atoms with Crippen molar-refractivity contribution in [3.05, 3.63) is 83.3 Å². The summed E-state index contributed by atoms with van der Waals surface area (Å²) in [5.74, 6) is -1.32. The summed E-state index contributed by atoms with van der Waals surface area (Å²) in [6.45, 7) is 0.0601. The van der Waals surface area contributed by atoms with Crippen LogP contribution in [0.2, 0.25) is 0 Å². The molecule has 28 heavy (non-hydrogen) atoms. The summed E-state index contributed by atoms with van der Waals surface area (Å²) < 4.78 is 39.4. The Morgan fingerprint density at radius 2 is 1.68 bits per heavy atom. The molecule has 6 nitrogen and oxygen atoms in total. The van der Waals surface area contributed by atoms with Gasteiger partial charge in [-0.2, -0.15) is 13.2 Å². The van der Waals surface area contributed by atoms with Crippen LogP contribution in [0.25, 0.3) is 0 Å². The summed E-state index contributed by atoms with van der Waals surface area (Å²) in [7, 11) is 0. The highest BCUT2D eigenvalue weighted by atomic mass is 19.4. The second-order valence-electron chi connectivity index (χ2n) is 5.95. The van der Waals surface area contributed by atoms with Crippen LogP contribution in [0.3, 0.4) is 0 Å². The van der Waals surface area contributed by atoms with E-state index in [1.807, 2.05) is 0 Å². The van der Waals surface area contributed by atoms with E-state index in [2.05, 4.69) is 10.3 Å². The standard InChI is InChI=1S/C19H15F3N4O2/c20-19(21,22)14-8-6-12(7-9-14)10-26-11-24-17(15(26)16(23)27)25-18(28)13-4-2-1-3-5-13/h1-9,11H,10H2,(H2,23,27)(H,25,28). The van der Waals surface area contributed by atoms with Crippen molar-refractivity contribution in [3.8, 4) is 0 Å². The number of halogens is 3. The number of benzene rings is 2. The molecule has 0 aliphatic heterocycles. The number of alkyl halides is 3. The molecule has 0 aliphatic rings. The smallest absolute Gasteiger partial charge is 0.364 e. The summed E-state index contributed by atoms with van der Waals surface area (Å²) in [6, 6.07) is 12.8. The second-order valence-corrected chi connectivity index (χ2v) is 5.95. The number of nitrogens with two attached hydrogens (primary N) is 1. The predicted molar refractivity (Wildman–Crippen MR) is 95.7 cm³/mol. The van der Waals surface area contributed by atoms with Gasteiger partial charge in [-0.05, 0) is 29.8 Å². The van der Waals surface area contributed by atoms with Gasteiger partial charge in [0, 0.05) is 12.1 Å². The normalized spacial score (nSPS) is 11.2. The lowest BCUT2D eigenvalue weighted by atomic mass is 10.1. The molecule has 3 rings (SSSR count). The Labute approximate surface area is 157 Å². The molecule has 0 atom stereocenters. The van der Waals surface area contributed by atoms with E-state index in [1.54, 1.807) is 30.3 Å². The van der Waals surface area contributed by atoms with Gasteiger partial charge in [-0.3, -0.25) is 9.59 Å². The molecule has 2 aromatic carbocycles. The van der Waals surface area contributed by atoms with E-state index >= 15 is 0 Å². The average Bonchev–Trinajstić information content (AvgIpc) is 3.04. The van der Waals surface area contributed by atoms with Gasteiger partial charge in [0.25, 0.3) is 11.8 Å². The minimum atomic E-state index is -4.43.